The molecule has 0 unspecified atom stereocenters. The Balaban J connectivity index is 2.58. The number of nitrogens with zero attached hydrogens (tertiary/aromatic N) is 1. The summed E-state index contributed by atoms with van der Waals surface area (Å²) in [5.74, 6) is 0.698. The Morgan fingerprint density at radius 2 is 1.94 bits per heavy atom. The quantitative estimate of drug-likeness (QED) is 0.720. The average Bonchev–Trinajstić information content (AvgIpc) is 2.69. The normalized spacial score (nSPS) is 11.8. The SMILES string of the molecule is Cc1c(-c2ncco2)cccc1C(C)(C)C. The van der Waals surface area contributed by atoms with Crippen LogP contribution in [-0.4, -0.2) is 4.98 Å². The molecular weight excluding hydrogens is 198 g/mol. The van der Waals surface area contributed by atoms with E-state index in [-0.39, 0.29) is 5.41 Å². The van der Waals surface area contributed by atoms with Crippen LogP contribution in [0.5, 0.6) is 0 Å². The summed E-state index contributed by atoms with van der Waals surface area (Å²) in [6, 6.07) is 6.28. The molecule has 0 atom stereocenters. The molecule has 0 saturated carbocycles. The van der Waals surface area contributed by atoms with E-state index in [1.54, 1.807) is 12.5 Å². The second-order valence-corrected chi connectivity index (χ2v) is 5.07. The van der Waals surface area contributed by atoms with Crippen molar-refractivity contribution >= 4 is 0 Å². The predicted octanol–water partition coefficient (Wildman–Crippen LogP) is 3.95. The highest BCUT2D eigenvalue weighted by Crippen LogP contribution is 2.31. The van der Waals surface area contributed by atoms with Gasteiger partial charge in [-0.15, -0.1) is 0 Å². The number of rotatable bonds is 1. The van der Waals surface area contributed by atoms with Crippen LogP contribution < -0.4 is 0 Å². The lowest BCUT2D eigenvalue weighted by Crippen LogP contribution is -2.13. The van der Waals surface area contributed by atoms with E-state index in [4.69, 9.17) is 4.42 Å². The van der Waals surface area contributed by atoms with E-state index in [0.29, 0.717) is 5.89 Å². The molecule has 2 heteroatoms. The second kappa shape index (κ2) is 3.78. The molecule has 1 aromatic heterocycles. The number of hydrogen-bond acceptors (Lipinski definition) is 2. The Labute approximate surface area is 96.3 Å². The molecule has 0 bridgehead atoms. The third-order valence-electron chi connectivity index (χ3n) is 2.80. The highest BCUT2D eigenvalue weighted by atomic mass is 16.3. The molecule has 2 aromatic rings. The minimum Gasteiger partial charge on any atom is -0.445 e. The highest BCUT2D eigenvalue weighted by Gasteiger charge is 2.19. The Kier molecular flexibility index (Phi) is 2.58. The van der Waals surface area contributed by atoms with Gasteiger partial charge in [-0.25, -0.2) is 4.98 Å². The molecule has 0 N–H and O–H groups in total. The number of oxazole rings is 1. The molecule has 0 fully saturated rings. The van der Waals surface area contributed by atoms with Crippen LogP contribution >= 0.6 is 0 Å². The zero-order chi connectivity index (χ0) is 11.8. The lowest BCUT2D eigenvalue weighted by atomic mass is 9.82. The average molecular weight is 215 g/mol. The van der Waals surface area contributed by atoms with Crippen LogP contribution in [0.1, 0.15) is 31.9 Å². The van der Waals surface area contributed by atoms with Crippen molar-refractivity contribution in [2.24, 2.45) is 0 Å². The van der Waals surface area contributed by atoms with E-state index in [2.05, 4.69) is 50.9 Å². The zero-order valence-corrected chi connectivity index (χ0v) is 10.2. The molecule has 0 amide bonds. The number of benzene rings is 1. The molecule has 84 valence electrons. The maximum absolute atomic E-state index is 5.36. The number of hydrogen-bond donors (Lipinski definition) is 0. The van der Waals surface area contributed by atoms with Gasteiger partial charge in [0.1, 0.15) is 6.26 Å². The Bertz CT molecular complexity index is 478. The molecule has 0 saturated heterocycles. The first-order chi connectivity index (χ1) is 7.50. The van der Waals surface area contributed by atoms with E-state index in [1.807, 2.05) is 0 Å². The first kappa shape index (κ1) is 10.9. The second-order valence-electron chi connectivity index (χ2n) is 5.07. The van der Waals surface area contributed by atoms with Crippen LogP contribution in [-0.2, 0) is 5.41 Å². The van der Waals surface area contributed by atoms with Gasteiger partial charge in [-0.2, -0.15) is 0 Å². The summed E-state index contributed by atoms with van der Waals surface area (Å²) in [5, 5.41) is 0. The van der Waals surface area contributed by atoms with Gasteiger partial charge >= 0.3 is 0 Å². The van der Waals surface area contributed by atoms with Crippen molar-refractivity contribution in [3.8, 4) is 11.5 Å². The van der Waals surface area contributed by atoms with Gasteiger partial charge in [0.15, 0.2) is 0 Å². The summed E-state index contributed by atoms with van der Waals surface area (Å²) in [5.41, 5.74) is 3.81. The largest absolute Gasteiger partial charge is 0.445 e. The van der Waals surface area contributed by atoms with Crippen LogP contribution in [0.25, 0.3) is 11.5 Å². The molecule has 1 aromatic carbocycles. The van der Waals surface area contributed by atoms with Gasteiger partial charge in [0, 0.05) is 5.56 Å². The topological polar surface area (TPSA) is 26.0 Å². The molecule has 2 nitrogen and oxygen atoms in total. The Morgan fingerprint density at radius 1 is 1.19 bits per heavy atom. The van der Waals surface area contributed by atoms with E-state index in [9.17, 15) is 0 Å². The van der Waals surface area contributed by atoms with Crippen LogP contribution in [0.15, 0.2) is 35.1 Å². The molecule has 0 aliphatic rings. The lowest BCUT2D eigenvalue weighted by Gasteiger charge is -2.22. The first-order valence-corrected chi connectivity index (χ1v) is 5.50. The Hall–Kier alpha value is -1.57. The standard InChI is InChI=1S/C14H17NO/c1-10-11(13-15-8-9-16-13)6-5-7-12(10)14(2,3)4/h5-9H,1-4H3. The van der Waals surface area contributed by atoms with Crippen molar-refractivity contribution in [1.82, 2.24) is 4.98 Å². The summed E-state index contributed by atoms with van der Waals surface area (Å²) in [6.45, 7) is 8.78. The first-order valence-electron chi connectivity index (χ1n) is 5.50. The minimum absolute atomic E-state index is 0.146. The molecular formula is C14H17NO. The Morgan fingerprint density at radius 3 is 2.50 bits per heavy atom. The van der Waals surface area contributed by atoms with Crippen molar-refractivity contribution in [3.63, 3.8) is 0 Å². The molecule has 16 heavy (non-hydrogen) atoms. The summed E-state index contributed by atoms with van der Waals surface area (Å²) >= 11 is 0. The predicted molar refractivity (Wildman–Crippen MR) is 65.4 cm³/mol. The van der Waals surface area contributed by atoms with Gasteiger partial charge in [-0.1, -0.05) is 32.9 Å². The van der Waals surface area contributed by atoms with Gasteiger partial charge < -0.3 is 4.42 Å². The van der Waals surface area contributed by atoms with E-state index in [1.165, 1.54) is 11.1 Å². The smallest absolute Gasteiger partial charge is 0.226 e. The summed E-state index contributed by atoms with van der Waals surface area (Å²) in [4.78, 5) is 4.20. The molecule has 1 heterocycles. The summed E-state index contributed by atoms with van der Waals surface area (Å²) < 4.78 is 5.36. The van der Waals surface area contributed by atoms with Crippen LogP contribution in [0.4, 0.5) is 0 Å². The van der Waals surface area contributed by atoms with Gasteiger partial charge in [0.25, 0.3) is 0 Å². The minimum atomic E-state index is 0.146. The monoisotopic (exact) mass is 215 g/mol. The van der Waals surface area contributed by atoms with Crippen molar-refractivity contribution in [1.29, 1.82) is 0 Å². The van der Waals surface area contributed by atoms with Gasteiger partial charge in [-0.3, -0.25) is 0 Å². The van der Waals surface area contributed by atoms with Crippen molar-refractivity contribution < 1.29 is 4.42 Å². The molecule has 2 rings (SSSR count). The van der Waals surface area contributed by atoms with Crippen LogP contribution in [0, 0.1) is 6.92 Å². The van der Waals surface area contributed by atoms with E-state index >= 15 is 0 Å². The molecule has 0 spiro atoms. The maximum atomic E-state index is 5.36. The van der Waals surface area contributed by atoms with Crippen molar-refractivity contribution in [3.05, 3.63) is 41.8 Å². The van der Waals surface area contributed by atoms with Gasteiger partial charge in [0.05, 0.1) is 6.20 Å². The molecule has 0 aliphatic heterocycles. The van der Waals surface area contributed by atoms with Crippen molar-refractivity contribution in [2.75, 3.05) is 0 Å². The third kappa shape index (κ3) is 1.87. The third-order valence-corrected chi connectivity index (χ3v) is 2.80. The zero-order valence-electron chi connectivity index (χ0n) is 10.2. The van der Waals surface area contributed by atoms with Gasteiger partial charge in [0.2, 0.25) is 5.89 Å². The van der Waals surface area contributed by atoms with E-state index in [0.717, 1.165) is 5.56 Å². The molecule has 0 radical (unpaired) electrons. The van der Waals surface area contributed by atoms with Crippen LogP contribution in [0.2, 0.25) is 0 Å². The number of aromatic nitrogens is 1. The fourth-order valence-corrected chi connectivity index (χ4v) is 2.04. The maximum Gasteiger partial charge on any atom is 0.226 e. The fraction of sp³-hybridized carbons (Fsp3) is 0.357. The summed E-state index contributed by atoms with van der Waals surface area (Å²) in [7, 11) is 0. The highest BCUT2D eigenvalue weighted by molar-refractivity contribution is 5.61. The fourth-order valence-electron chi connectivity index (χ4n) is 2.04. The van der Waals surface area contributed by atoms with Gasteiger partial charge in [-0.05, 0) is 29.5 Å². The molecule has 0 aliphatic carbocycles. The van der Waals surface area contributed by atoms with Crippen molar-refractivity contribution in [2.45, 2.75) is 33.1 Å². The van der Waals surface area contributed by atoms with Crippen LogP contribution in [0.3, 0.4) is 0 Å². The lowest BCUT2D eigenvalue weighted by molar-refractivity contribution is 0.570. The van der Waals surface area contributed by atoms with E-state index < -0.39 is 0 Å². The summed E-state index contributed by atoms with van der Waals surface area (Å²) in [6.07, 6.45) is 3.29.